The van der Waals surface area contributed by atoms with Gasteiger partial charge in [-0.25, -0.2) is 0 Å². The fraction of sp³-hybridized carbons (Fsp3) is 0.692. The zero-order valence-corrected chi connectivity index (χ0v) is 11.9. The fourth-order valence-corrected chi connectivity index (χ4v) is 2.45. The van der Waals surface area contributed by atoms with Crippen molar-refractivity contribution in [2.45, 2.75) is 32.7 Å². The summed E-state index contributed by atoms with van der Waals surface area (Å²) in [5, 5.41) is 7.25. The Labute approximate surface area is 113 Å². The third kappa shape index (κ3) is 3.33. The lowest BCUT2D eigenvalue weighted by Gasteiger charge is -2.29. The van der Waals surface area contributed by atoms with E-state index in [0.717, 1.165) is 43.0 Å². The summed E-state index contributed by atoms with van der Waals surface area (Å²) in [5.74, 6) is 0.0228. The smallest absolute Gasteiger partial charge is 0.238 e. The molecule has 1 amide bonds. The standard InChI is InChI=1S/C13H23N5O/c1-9-13(10(2)17(3)16-9)15-12(19)8-18-6-4-11(14)5-7-18/h11H,4-8,14H2,1-3H3,(H,15,19). The molecule has 0 spiro atoms. The molecular formula is C13H23N5O. The quantitative estimate of drug-likeness (QED) is 0.829. The number of aryl methyl sites for hydroxylation is 2. The second kappa shape index (κ2) is 5.71. The lowest BCUT2D eigenvalue weighted by Crippen LogP contribution is -2.43. The molecule has 106 valence electrons. The van der Waals surface area contributed by atoms with E-state index in [0.29, 0.717) is 12.6 Å². The minimum absolute atomic E-state index is 0.0228. The number of rotatable bonds is 3. The molecule has 0 atom stereocenters. The third-order valence-corrected chi connectivity index (χ3v) is 3.77. The Morgan fingerprint density at radius 2 is 2.05 bits per heavy atom. The van der Waals surface area contributed by atoms with Crippen molar-refractivity contribution in [3.05, 3.63) is 11.4 Å². The summed E-state index contributed by atoms with van der Waals surface area (Å²) in [6.45, 7) is 6.09. The van der Waals surface area contributed by atoms with E-state index in [4.69, 9.17) is 5.73 Å². The number of hydrogen-bond acceptors (Lipinski definition) is 4. The van der Waals surface area contributed by atoms with Crippen molar-refractivity contribution >= 4 is 11.6 Å². The number of anilines is 1. The van der Waals surface area contributed by atoms with Gasteiger partial charge in [0.2, 0.25) is 5.91 Å². The van der Waals surface area contributed by atoms with E-state index in [9.17, 15) is 4.79 Å². The van der Waals surface area contributed by atoms with Crippen LogP contribution < -0.4 is 11.1 Å². The SMILES string of the molecule is Cc1nn(C)c(C)c1NC(=O)CN1CCC(N)CC1. The summed E-state index contributed by atoms with van der Waals surface area (Å²) < 4.78 is 1.78. The highest BCUT2D eigenvalue weighted by molar-refractivity contribution is 5.93. The Morgan fingerprint density at radius 3 is 2.58 bits per heavy atom. The molecule has 1 aliphatic heterocycles. The summed E-state index contributed by atoms with van der Waals surface area (Å²) in [4.78, 5) is 14.2. The zero-order chi connectivity index (χ0) is 14.0. The van der Waals surface area contributed by atoms with Crippen molar-refractivity contribution in [3.8, 4) is 0 Å². The third-order valence-electron chi connectivity index (χ3n) is 3.77. The molecule has 1 aliphatic rings. The van der Waals surface area contributed by atoms with Crippen LogP contribution in [0.1, 0.15) is 24.2 Å². The normalized spacial score (nSPS) is 17.7. The molecule has 2 rings (SSSR count). The number of aromatic nitrogens is 2. The molecule has 0 unspecified atom stereocenters. The van der Waals surface area contributed by atoms with Crippen molar-refractivity contribution in [1.82, 2.24) is 14.7 Å². The van der Waals surface area contributed by atoms with Gasteiger partial charge >= 0.3 is 0 Å². The van der Waals surface area contributed by atoms with Crippen molar-refractivity contribution in [3.63, 3.8) is 0 Å². The molecule has 1 aromatic rings. The molecule has 6 heteroatoms. The predicted octanol–water partition coefficient (Wildman–Crippen LogP) is 0.399. The van der Waals surface area contributed by atoms with Crippen molar-refractivity contribution in [2.75, 3.05) is 25.0 Å². The van der Waals surface area contributed by atoms with Crippen LogP contribution in [0.25, 0.3) is 0 Å². The maximum atomic E-state index is 12.1. The molecule has 3 N–H and O–H groups in total. The first-order chi connectivity index (χ1) is 8.97. The average molecular weight is 265 g/mol. The number of likely N-dealkylation sites (tertiary alicyclic amines) is 1. The molecule has 0 saturated carbocycles. The van der Waals surface area contributed by atoms with Gasteiger partial charge in [-0.05, 0) is 26.7 Å². The number of carbonyl (C=O) groups is 1. The lowest BCUT2D eigenvalue weighted by atomic mass is 10.1. The van der Waals surface area contributed by atoms with Gasteiger partial charge in [-0.2, -0.15) is 5.10 Å². The van der Waals surface area contributed by atoms with E-state index >= 15 is 0 Å². The van der Waals surface area contributed by atoms with Gasteiger partial charge in [0, 0.05) is 26.2 Å². The predicted molar refractivity (Wildman–Crippen MR) is 75.0 cm³/mol. The molecule has 1 aromatic heterocycles. The summed E-state index contributed by atoms with van der Waals surface area (Å²) in [5.41, 5.74) is 8.52. The first-order valence-corrected chi connectivity index (χ1v) is 6.75. The van der Waals surface area contributed by atoms with Crippen LogP contribution >= 0.6 is 0 Å². The van der Waals surface area contributed by atoms with Crippen molar-refractivity contribution in [2.24, 2.45) is 12.8 Å². The molecule has 0 aromatic carbocycles. The van der Waals surface area contributed by atoms with E-state index in [-0.39, 0.29) is 5.91 Å². The molecule has 0 radical (unpaired) electrons. The highest BCUT2D eigenvalue weighted by Gasteiger charge is 2.19. The van der Waals surface area contributed by atoms with Gasteiger partial charge in [-0.3, -0.25) is 14.4 Å². The van der Waals surface area contributed by atoms with Gasteiger partial charge < -0.3 is 11.1 Å². The number of piperidine rings is 1. The first kappa shape index (κ1) is 14.0. The number of hydrogen-bond donors (Lipinski definition) is 2. The Hall–Kier alpha value is -1.40. The van der Waals surface area contributed by atoms with Gasteiger partial charge in [0.25, 0.3) is 0 Å². The Balaban J connectivity index is 1.91. The number of nitrogens with two attached hydrogens (primary N) is 1. The maximum absolute atomic E-state index is 12.1. The summed E-state index contributed by atoms with van der Waals surface area (Å²) in [6, 6.07) is 0.294. The molecule has 2 heterocycles. The highest BCUT2D eigenvalue weighted by Crippen LogP contribution is 2.18. The number of nitrogens with zero attached hydrogens (tertiary/aromatic N) is 3. The van der Waals surface area contributed by atoms with Crippen LogP contribution in [-0.4, -0.2) is 46.3 Å². The second-order valence-corrected chi connectivity index (χ2v) is 5.33. The topological polar surface area (TPSA) is 76.2 Å². The van der Waals surface area contributed by atoms with Gasteiger partial charge in [-0.15, -0.1) is 0 Å². The number of nitrogens with one attached hydrogen (secondary N) is 1. The fourth-order valence-electron chi connectivity index (χ4n) is 2.45. The van der Waals surface area contributed by atoms with E-state index in [1.165, 1.54) is 0 Å². The van der Waals surface area contributed by atoms with E-state index in [1.807, 2.05) is 20.9 Å². The van der Waals surface area contributed by atoms with E-state index in [2.05, 4.69) is 15.3 Å². The molecule has 1 fully saturated rings. The van der Waals surface area contributed by atoms with E-state index < -0.39 is 0 Å². The zero-order valence-electron chi connectivity index (χ0n) is 11.9. The average Bonchev–Trinajstić information content (AvgIpc) is 2.59. The summed E-state index contributed by atoms with van der Waals surface area (Å²) >= 11 is 0. The minimum atomic E-state index is 0.0228. The number of carbonyl (C=O) groups excluding carboxylic acids is 1. The largest absolute Gasteiger partial charge is 0.328 e. The van der Waals surface area contributed by atoms with E-state index in [1.54, 1.807) is 4.68 Å². The van der Waals surface area contributed by atoms with Crippen molar-refractivity contribution in [1.29, 1.82) is 0 Å². The van der Waals surface area contributed by atoms with Gasteiger partial charge in [0.1, 0.15) is 0 Å². The minimum Gasteiger partial charge on any atom is -0.328 e. The molecule has 6 nitrogen and oxygen atoms in total. The van der Waals surface area contributed by atoms with Crippen LogP contribution in [0.4, 0.5) is 5.69 Å². The van der Waals surface area contributed by atoms with Crippen LogP contribution in [0.5, 0.6) is 0 Å². The van der Waals surface area contributed by atoms with Crippen LogP contribution in [-0.2, 0) is 11.8 Å². The van der Waals surface area contributed by atoms with Gasteiger partial charge in [0.05, 0.1) is 23.6 Å². The molecular weight excluding hydrogens is 242 g/mol. The monoisotopic (exact) mass is 265 g/mol. The first-order valence-electron chi connectivity index (χ1n) is 6.75. The van der Waals surface area contributed by atoms with Gasteiger partial charge in [0.15, 0.2) is 0 Å². The van der Waals surface area contributed by atoms with Crippen LogP contribution in [0, 0.1) is 13.8 Å². The molecule has 19 heavy (non-hydrogen) atoms. The molecule has 0 bridgehead atoms. The Kier molecular flexibility index (Phi) is 4.21. The van der Waals surface area contributed by atoms with Crippen LogP contribution in [0.3, 0.4) is 0 Å². The maximum Gasteiger partial charge on any atom is 0.238 e. The number of amides is 1. The molecule has 0 aliphatic carbocycles. The lowest BCUT2D eigenvalue weighted by molar-refractivity contribution is -0.117. The van der Waals surface area contributed by atoms with Gasteiger partial charge in [-0.1, -0.05) is 0 Å². The second-order valence-electron chi connectivity index (χ2n) is 5.33. The highest BCUT2D eigenvalue weighted by atomic mass is 16.2. The Bertz CT molecular complexity index is 460. The van der Waals surface area contributed by atoms with Crippen LogP contribution in [0.15, 0.2) is 0 Å². The summed E-state index contributed by atoms with van der Waals surface area (Å²) in [6.07, 6.45) is 1.94. The Morgan fingerprint density at radius 1 is 1.42 bits per heavy atom. The van der Waals surface area contributed by atoms with Crippen molar-refractivity contribution < 1.29 is 4.79 Å². The molecule has 1 saturated heterocycles. The van der Waals surface area contributed by atoms with Crippen LogP contribution in [0.2, 0.25) is 0 Å². The summed E-state index contributed by atoms with van der Waals surface area (Å²) in [7, 11) is 1.88.